The third-order valence-corrected chi connectivity index (χ3v) is 1.72. The van der Waals surface area contributed by atoms with Crippen molar-refractivity contribution in [3.8, 4) is 5.69 Å². The number of nitrogens with zero attached hydrogens (tertiary/aromatic N) is 1. The first-order valence-electron chi connectivity index (χ1n) is 3.78. The normalized spacial score (nSPS) is 9.57. The zero-order valence-corrected chi connectivity index (χ0v) is 8.73. The Morgan fingerprint density at radius 1 is 1.07 bits per heavy atom. The van der Waals surface area contributed by atoms with Gasteiger partial charge in [-0.2, -0.15) is 0 Å². The van der Waals surface area contributed by atoms with Crippen molar-refractivity contribution in [2.75, 3.05) is 0 Å². The third-order valence-electron chi connectivity index (χ3n) is 1.72. The van der Waals surface area contributed by atoms with Crippen molar-refractivity contribution in [1.29, 1.82) is 0 Å². The van der Waals surface area contributed by atoms with Crippen LogP contribution in [0.4, 0.5) is 8.78 Å². The Kier molecular flexibility index (Phi) is 3.61. The molecule has 0 saturated heterocycles. The van der Waals surface area contributed by atoms with Gasteiger partial charge in [0.05, 0.1) is 0 Å². The van der Waals surface area contributed by atoms with Gasteiger partial charge in [0.2, 0.25) is 0 Å². The van der Waals surface area contributed by atoms with Crippen molar-refractivity contribution in [2.45, 2.75) is 0 Å². The molecule has 1 aromatic carbocycles. The van der Waals surface area contributed by atoms with E-state index in [0.29, 0.717) is 5.69 Å². The number of benzene rings is 1. The molecule has 1 nitrogen and oxygen atoms in total. The van der Waals surface area contributed by atoms with E-state index in [0.717, 1.165) is 0 Å². The first kappa shape index (κ1) is 11.2. The van der Waals surface area contributed by atoms with Gasteiger partial charge in [0.25, 0.3) is 0 Å². The van der Waals surface area contributed by atoms with Crippen LogP contribution in [0.1, 0.15) is 0 Å². The summed E-state index contributed by atoms with van der Waals surface area (Å²) in [5.41, 5.74) is 0.298. The molecule has 0 aliphatic carbocycles. The van der Waals surface area contributed by atoms with Crippen molar-refractivity contribution in [2.24, 2.45) is 0 Å². The van der Waals surface area contributed by atoms with Gasteiger partial charge in [-0.05, 0) is 30.2 Å². The first-order chi connectivity index (χ1) is 6.27. The van der Waals surface area contributed by atoms with E-state index in [9.17, 15) is 8.78 Å². The Morgan fingerprint density at radius 2 is 1.71 bits per heavy atom. The molecule has 14 heavy (non-hydrogen) atoms. The van der Waals surface area contributed by atoms with Gasteiger partial charge in [0.15, 0.2) is 0 Å². The fourth-order valence-corrected chi connectivity index (χ4v) is 1.13. The molecule has 0 bridgehead atoms. The SMILES string of the molecule is Fc1[c-]c(F)c(-n2cccc2)cc1.[Ti+2]. The summed E-state index contributed by atoms with van der Waals surface area (Å²) in [4.78, 5) is 0. The van der Waals surface area contributed by atoms with Crippen molar-refractivity contribution < 1.29 is 30.5 Å². The molecule has 2 rings (SSSR count). The zero-order chi connectivity index (χ0) is 9.26. The molecule has 68 valence electrons. The fraction of sp³-hybridized carbons (Fsp3) is 0. The van der Waals surface area contributed by atoms with Crippen LogP contribution in [0.3, 0.4) is 0 Å². The van der Waals surface area contributed by atoms with Gasteiger partial charge in [0, 0.05) is 11.6 Å². The molecule has 0 N–H and O–H groups in total. The molecule has 0 atom stereocenters. The van der Waals surface area contributed by atoms with Crippen LogP contribution in [-0.4, -0.2) is 4.57 Å². The second kappa shape index (κ2) is 4.53. The third kappa shape index (κ3) is 2.11. The molecule has 0 radical (unpaired) electrons. The predicted octanol–water partition coefficient (Wildman–Crippen LogP) is 2.55. The maximum atomic E-state index is 13.1. The molecule has 4 heteroatoms. The number of rotatable bonds is 1. The Bertz CT molecular complexity index is 412. The summed E-state index contributed by atoms with van der Waals surface area (Å²) in [5, 5.41) is 0. The maximum absolute atomic E-state index is 13.1. The Balaban J connectivity index is 0.000000980. The Hall–Kier alpha value is -0.926. The summed E-state index contributed by atoms with van der Waals surface area (Å²) >= 11 is 0. The van der Waals surface area contributed by atoms with Crippen LogP contribution in [0.25, 0.3) is 5.69 Å². The molecule has 1 heterocycles. The second-order valence-electron chi connectivity index (χ2n) is 2.60. The standard InChI is InChI=1S/C10H6F2N.Ti/c11-8-3-4-10(9(12)7-8)13-5-1-2-6-13;/h1-6H;/q-1;+2. The first-order valence-corrected chi connectivity index (χ1v) is 3.78. The molecular formula is C10H6F2NTi+. The summed E-state index contributed by atoms with van der Waals surface area (Å²) in [5.74, 6) is -1.37. The van der Waals surface area contributed by atoms with Gasteiger partial charge in [-0.3, -0.25) is 0 Å². The van der Waals surface area contributed by atoms with Crippen LogP contribution >= 0.6 is 0 Å². The van der Waals surface area contributed by atoms with Crippen LogP contribution in [-0.2, 0) is 21.7 Å². The predicted molar refractivity (Wildman–Crippen MR) is 44.5 cm³/mol. The minimum atomic E-state index is -0.687. The summed E-state index contributed by atoms with van der Waals surface area (Å²) in [6.45, 7) is 0. The largest absolute Gasteiger partial charge is 2.00 e. The zero-order valence-electron chi connectivity index (χ0n) is 7.17. The maximum Gasteiger partial charge on any atom is 2.00 e. The minimum Gasteiger partial charge on any atom is -0.375 e. The van der Waals surface area contributed by atoms with Crippen molar-refractivity contribution in [3.05, 3.63) is 54.4 Å². The quantitative estimate of drug-likeness (QED) is 0.520. The minimum absolute atomic E-state index is 0. The molecular weight excluding hydrogens is 220 g/mol. The van der Waals surface area contributed by atoms with Crippen molar-refractivity contribution in [1.82, 2.24) is 4.57 Å². The van der Waals surface area contributed by atoms with E-state index in [-0.39, 0.29) is 21.7 Å². The smallest absolute Gasteiger partial charge is 0.375 e. The Morgan fingerprint density at radius 3 is 2.29 bits per heavy atom. The van der Waals surface area contributed by atoms with E-state index in [4.69, 9.17) is 0 Å². The number of aromatic nitrogens is 1. The fourth-order valence-electron chi connectivity index (χ4n) is 1.13. The van der Waals surface area contributed by atoms with E-state index in [1.165, 1.54) is 12.1 Å². The van der Waals surface area contributed by atoms with Gasteiger partial charge in [-0.15, -0.1) is 18.2 Å². The van der Waals surface area contributed by atoms with Crippen LogP contribution < -0.4 is 0 Å². The molecule has 0 aliphatic rings. The molecule has 0 aliphatic heterocycles. The van der Waals surface area contributed by atoms with Gasteiger partial charge in [0.1, 0.15) is 0 Å². The Labute approximate surface area is 95.2 Å². The summed E-state index contributed by atoms with van der Waals surface area (Å²) in [6, 6.07) is 8.06. The number of halogens is 2. The monoisotopic (exact) mass is 226 g/mol. The molecule has 0 fully saturated rings. The van der Waals surface area contributed by atoms with E-state index in [1.807, 2.05) is 6.07 Å². The van der Waals surface area contributed by atoms with Gasteiger partial charge >= 0.3 is 21.7 Å². The van der Waals surface area contributed by atoms with E-state index in [2.05, 4.69) is 0 Å². The number of hydrogen-bond donors (Lipinski definition) is 0. The van der Waals surface area contributed by atoms with E-state index >= 15 is 0 Å². The molecule has 0 amide bonds. The molecule has 0 spiro atoms. The van der Waals surface area contributed by atoms with Crippen LogP contribution in [0.15, 0.2) is 36.7 Å². The van der Waals surface area contributed by atoms with Crippen LogP contribution in [0.5, 0.6) is 0 Å². The topological polar surface area (TPSA) is 4.93 Å². The summed E-state index contributed by atoms with van der Waals surface area (Å²) in [7, 11) is 0. The molecule has 2 aromatic rings. The molecule has 0 unspecified atom stereocenters. The number of hydrogen-bond acceptors (Lipinski definition) is 0. The van der Waals surface area contributed by atoms with E-state index < -0.39 is 11.6 Å². The van der Waals surface area contributed by atoms with Crippen LogP contribution in [0, 0.1) is 17.7 Å². The van der Waals surface area contributed by atoms with Crippen molar-refractivity contribution in [3.63, 3.8) is 0 Å². The van der Waals surface area contributed by atoms with Gasteiger partial charge in [-0.1, -0.05) is 0 Å². The van der Waals surface area contributed by atoms with Crippen LogP contribution in [0.2, 0.25) is 0 Å². The average molecular weight is 226 g/mol. The summed E-state index contributed by atoms with van der Waals surface area (Å²) < 4.78 is 27.1. The van der Waals surface area contributed by atoms with E-state index in [1.54, 1.807) is 29.1 Å². The van der Waals surface area contributed by atoms with Crippen molar-refractivity contribution >= 4 is 0 Å². The second-order valence-corrected chi connectivity index (χ2v) is 2.60. The van der Waals surface area contributed by atoms with Gasteiger partial charge in [-0.25, -0.2) is 8.78 Å². The van der Waals surface area contributed by atoms with Gasteiger partial charge < -0.3 is 4.57 Å². The molecule has 1 aromatic heterocycles. The molecule has 0 saturated carbocycles. The average Bonchev–Trinajstić information content (AvgIpc) is 2.56. The summed E-state index contributed by atoms with van der Waals surface area (Å²) in [6.07, 6.45) is 3.37.